The lowest BCUT2D eigenvalue weighted by Crippen LogP contribution is -1.93. The number of nitrogens with zero attached hydrogens (tertiary/aromatic N) is 2. The summed E-state index contributed by atoms with van der Waals surface area (Å²) < 4.78 is 0. The fourth-order valence-electron chi connectivity index (χ4n) is 1.52. The maximum Gasteiger partial charge on any atom is 0.126 e. The fourth-order valence-corrected chi connectivity index (χ4v) is 1.82. The van der Waals surface area contributed by atoms with E-state index in [0.717, 1.165) is 22.8 Å². The van der Waals surface area contributed by atoms with Gasteiger partial charge in [0.15, 0.2) is 0 Å². The zero-order chi connectivity index (χ0) is 11.7. The first-order valence-electron chi connectivity index (χ1n) is 4.84. The van der Waals surface area contributed by atoms with Gasteiger partial charge >= 0.3 is 0 Å². The summed E-state index contributed by atoms with van der Waals surface area (Å²) in [6, 6.07) is 7.40. The Hall–Kier alpha value is -1.12. The minimum Gasteiger partial charge on any atom is -0.239 e. The second-order valence-corrected chi connectivity index (χ2v) is 4.39. The second-order valence-electron chi connectivity index (χ2n) is 3.57. The Bertz CT molecular complexity index is 518. The molecule has 2 rings (SSSR count). The SMILES string of the molecule is Cc1cc(-c2ccc(Cl)c(Cl)c2)nc(C)n1. The third kappa shape index (κ3) is 2.34. The van der Waals surface area contributed by atoms with Gasteiger partial charge in [-0.15, -0.1) is 0 Å². The van der Waals surface area contributed by atoms with Gasteiger partial charge in [-0.3, -0.25) is 0 Å². The Kier molecular flexibility index (Phi) is 3.13. The summed E-state index contributed by atoms with van der Waals surface area (Å²) in [5, 5.41) is 1.08. The first-order valence-corrected chi connectivity index (χ1v) is 5.59. The van der Waals surface area contributed by atoms with Gasteiger partial charge < -0.3 is 0 Å². The molecule has 0 aliphatic heterocycles. The lowest BCUT2D eigenvalue weighted by molar-refractivity contribution is 1.02. The summed E-state index contributed by atoms with van der Waals surface area (Å²) in [6.07, 6.45) is 0. The molecule has 0 radical (unpaired) electrons. The molecule has 1 aromatic heterocycles. The molecular weight excluding hydrogens is 243 g/mol. The van der Waals surface area contributed by atoms with Crippen LogP contribution in [0.3, 0.4) is 0 Å². The van der Waals surface area contributed by atoms with Crippen LogP contribution in [-0.4, -0.2) is 9.97 Å². The number of halogens is 2. The van der Waals surface area contributed by atoms with Crippen molar-refractivity contribution in [2.45, 2.75) is 13.8 Å². The van der Waals surface area contributed by atoms with Crippen molar-refractivity contribution in [2.24, 2.45) is 0 Å². The molecule has 16 heavy (non-hydrogen) atoms. The van der Waals surface area contributed by atoms with Crippen molar-refractivity contribution >= 4 is 23.2 Å². The predicted molar refractivity (Wildman–Crippen MR) is 67.0 cm³/mol. The summed E-state index contributed by atoms with van der Waals surface area (Å²) in [5.41, 5.74) is 2.75. The molecule has 82 valence electrons. The standard InChI is InChI=1S/C12H10Cl2N2/c1-7-5-12(16-8(2)15-7)9-3-4-10(13)11(14)6-9/h3-6H,1-2H3. The van der Waals surface area contributed by atoms with Crippen molar-refractivity contribution in [3.05, 3.63) is 45.8 Å². The molecule has 1 heterocycles. The van der Waals surface area contributed by atoms with Crippen LogP contribution in [0.5, 0.6) is 0 Å². The maximum absolute atomic E-state index is 5.97. The Morgan fingerprint density at radius 1 is 0.938 bits per heavy atom. The number of aryl methyl sites for hydroxylation is 2. The van der Waals surface area contributed by atoms with Crippen molar-refractivity contribution in [3.63, 3.8) is 0 Å². The van der Waals surface area contributed by atoms with Crippen LogP contribution in [0, 0.1) is 13.8 Å². The molecule has 0 saturated carbocycles. The molecule has 0 N–H and O–H groups in total. The smallest absolute Gasteiger partial charge is 0.126 e. The largest absolute Gasteiger partial charge is 0.239 e. The van der Waals surface area contributed by atoms with Crippen LogP contribution < -0.4 is 0 Å². The first kappa shape index (κ1) is 11.4. The second kappa shape index (κ2) is 4.40. The van der Waals surface area contributed by atoms with Gasteiger partial charge in [0.05, 0.1) is 15.7 Å². The number of aromatic nitrogens is 2. The first-order chi connectivity index (χ1) is 7.56. The van der Waals surface area contributed by atoms with Crippen LogP contribution in [0.1, 0.15) is 11.5 Å². The molecule has 0 bridgehead atoms. The van der Waals surface area contributed by atoms with Crippen LogP contribution in [0.4, 0.5) is 0 Å². The zero-order valence-electron chi connectivity index (χ0n) is 8.96. The van der Waals surface area contributed by atoms with E-state index in [1.807, 2.05) is 32.0 Å². The molecule has 2 aromatic rings. The van der Waals surface area contributed by atoms with Gasteiger partial charge in [-0.05, 0) is 32.0 Å². The molecular formula is C12H10Cl2N2. The van der Waals surface area contributed by atoms with E-state index in [4.69, 9.17) is 23.2 Å². The van der Waals surface area contributed by atoms with Crippen molar-refractivity contribution in [1.29, 1.82) is 0 Å². The van der Waals surface area contributed by atoms with Crippen molar-refractivity contribution in [1.82, 2.24) is 9.97 Å². The molecule has 0 amide bonds. The molecule has 0 aliphatic carbocycles. The third-order valence-electron chi connectivity index (χ3n) is 2.18. The Labute approximate surface area is 104 Å². The lowest BCUT2D eigenvalue weighted by Gasteiger charge is -2.04. The minimum atomic E-state index is 0.535. The topological polar surface area (TPSA) is 25.8 Å². The fraction of sp³-hybridized carbons (Fsp3) is 0.167. The van der Waals surface area contributed by atoms with E-state index < -0.39 is 0 Å². The van der Waals surface area contributed by atoms with Gasteiger partial charge in [-0.2, -0.15) is 0 Å². The van der Waals surface area contributed by atoms with Crippen molar-refractivity contribution < 1.29 is 0 Å². The van der Waals surface area contributed by atoms with E-state index in [1.54, 1.807) is 6.07 Å². The molecule has 1 aromatic carbocycles. The Morgan fingerprint density at radius 2 is 1.69 bits per heavy atom. The highest BCUT2D eigenvalue weighted by atomic mass is 35.5. The highest BCUT2D eigenvalue weighted by molar-refractivity contribution is 6.42. The van der Waals surface area contributed by atoms with E-state index in [-0.39, 0.29) is 0 Å². The van der Waals surface area contributed by atoms with E-state index in [1.165, 1.54) is 0 Å². The lowest BCUT2D eigenvalue weighted by atomic mass is 10.1. The van der Waals surface area contributed by atoms with Gasteiger partial charge in [-0.25, -0.2) is 9.97 Å². The molecule has 0 unspecified atom stereocenters. The highest BCUT2D eigenvalue weighted by Crippen LogP contribution is 2.27. The minimum absolute atomic E-state index is 0.535. The van der Waals surface area contributed by atoms with Gasteiger partial charge in [0, 0.05) is 11.3 Å². The van der Waals surface area contributed by atoms with Gasteiger partial charge in [0.1, 0.15) is 5.82 Å². The summed E-state index contributed by atoms with van der Waals surface area (Å²) in [4.78, 5) is 8.59. The normalized spacial score (nSPS) is 10.5. The number of benzene rings is 1. The average molecular weight is 253 g/mol. The summed E-state index contributed by atoms with van der Waals surface area (Å²) in [6.45, 7) is 3.81. The Morgan fingerprint density at radius 3 is 2.31 bits per heavy atom. The van der Waals surface area contributed by atoms with Crippen LogP contribution in [0.25, 0.3) is 11.3 Å². The number of hydrogen-bond acceptors (Lipinski definition) is 2. The van der Waals surface area contributed by atoms with Crippen LogP contribution in [-0.2, 0) is 0 Å². The van der Waals surface area contributed by atoms with Gasteiger partial charge in [0.25, 0.3) is 0 Å². The molecule has 2 nitrogen and oxygen atoms in total. The van der Waals surface area contributed by atoms with Gasteiger partial charge in [0.2, 0.25) is 0 Å². The third-order valence-corrected chi connectivity index (χ3v) is 2.92. The quantitative estimate of drug-likeness (QED) is 0.765. The molecule has 0 aliphatic rings. The van der Waals surface area contributed by atoms with E-state index in [2.05, 4.69) is 9.97 Å². The van der Waals surface area contributed by atoms with Crippen molar-refractivity contribution in [3.8, 4) is 11.3 Å². The van der Waals surface area contributed by atoms with E-state index in [0.29, 0.717) is 10.0 Å². The summed E-state index contributed by atoms with van der Waals surface area (Å²) in [5.74, 6) is 0.751. The summed E-state index contributed by atoms with van der Waals surface area (Å²) >= 11 is 11.8. The number of rotatable bonds is 1. The van der Waals surface area contributed by atoms with Crippen LogP contribution in [0.15, 0.2) is 24.3 Å². The van der Waals surface area contributed by atoms with Crippen LogP contribution in [0.2, 0.25) is 10.0 Å². The predicted octanol–water partition coefficient (Wildman–Crippen LogP) is 4.07. The molecule has 0 atom stereocenters. The van der Waals surface area contributed by atoms with Crippen LogP contribution >= 0.6 is 23.2 Å². The maximum atomic E-state index is 5.97. The van der Waals surface area contributed by atoms with E-state index in [9.17, 15) is 0 Å². The zero-order valence-corrected chi connectivity index (χ0v) is 10.5. The molecule has 0 fully saturated rings. The van der Waals surface area contributed by atoms with E-state index >= 15 is 0 Å². The summed E-state index contributed by atoms with van der Waals surface area (Å²) in [7, 11) is 0. The number of hydrogen-bond donors (Lipinski definition) is 0. The molecule has 0 spiro atoms. The average Bonchev–Trinajstić information content (AvgIpc) is 2.20. The monoisotopic (exact) mass is 252 g/mol. The highest BCUT2D eigenvalue weighted by Gasteiger charge is 2.05. The Balaban J connectivity index is 2.54. The van der Waals surface area contributed by atoms with Crippen molar-refractivity contribution in [2.75, 3.05) is 0 Å². The van der Waals surface area contributed by atoms with Gasteiger partial charge in [-0.1, -0.05) is 29.3 Å². The molecule has 4 heteroatoms. The molecule has 0 saturated heterocycles.